The van der Waals surface area contributed by atoms with Crippen molar-refractivity contribution in [2.75, 3.05) is 0 Å². The highest BCUT2D eigenvalue weighted by molar-refractivity contribution is 5.90. The van der Waals surface area contributed by atoms with Gasteiger partial charge in [-0.2, -0.15) is 8.78 Å². The van der Waals surface area contributed by atoms with Crippen molar-refractivity contribution in [1.82, 2.24) is 0 Å². The van der Waals surface area contributed by atoms with Gasteiger partial charge in [0.25, 0.3) is 6.08 Å². The molecule has 0 saturated carbocycles. The first-order valence-corrected chi connectivity index (χ1v) is 12.3. The monoisotopic (exact) mass is 512 g/mol. The van der Waals surface area contributed by atoms with Crippen LogP contribution in [-0.2, 0) is 6.42 Å². The summed E-state index contributed by atoms with van der Waals surface area (Å²) in [6.07, 6.45) is 4.21. The molecule has 4 rings (SSSR count). The fourth-order valence-corrected chi connectivity index (χ4v) is 4.59. The molecular weight excluding hydrogens is 486 g/mol. The molecule has 0 spiro atoms. The Morgan fingerprint density at radius 2 is 1.41 bits per heavy atom. The van der Waals surface area contributed by atoms with Crippen LogP contribution in [0, 0.1) is 23.3 Å². The predicted octanol–water partition coefficient (Wildman–Crippen LogP) is 10.5. The van der Waals surface area contributed by atoms with Crippen LogP contribution in [0.4, 0.5) is 26.3 Å². The second-order valence-corrected chi connectivity index (χ2v) is 9.13. The van der Waals surface area contributed by atoms with E-state index in [0.717, 1.165) is 38.2 Å². The third kappa shape index (κ3) is 6.07. The Kier molecular flexibility index (Phi) is 8.37. The molecule has 37 heavy (non-hydrogen) atoms. The summed E-state index contributed by atoms with van der Waals surface area (Å²) in [6, 6.07) is 13.6. The summed E-state index contributed by atoms with van der Waals surface area (Å²) < 4.78 is 84.5. The fraction of sp³-hybridized carbons (Fsp3) is 0.226. The summed E-state index contributed by atoms with van der Waals surface area (Å²) in [5.41, 5.74) is 0.680. The molecule has 0 atom stereocenters. The summed E-state index contributed by atoms with van der Waals surface area (Å²) >= 11 is 0. The van der Waals surface area contributed by atoms with E-state index in [0.29, 0.717) is 29.0 Å². The summed E-state index contributed by atoms with van der Waals surface area (Å²) in [7, 11) is 0. The molecule has 0 nitrogen and oxygen atoms in total. The van der Waals surface area contributed by atoms with E-state index in [9.17, 15) is 22.0 Å². The van der Waals surface area contributed by atoms with Gasteiger partial charge in [-0.3, -0.25) is 0 Å². The lowest BCUT2D eigenvalue weighted by Gasteiger charge is -2.11. The van der Waals surface area contributed by atoms with Crippen LogP contribution >= 0.6 is 0 Å². The fourth-order valence-electron chi connectivity index (χ4n) is 4.59. The standard InChI is InChI=1S/C31H26F6/c1-2-3-4-5-6-7-19-14-27(33)30(28(34)15-19)22-11-12-24(26(32)17-22)20-10-13-25-21(16-20)8-9-23(31(25)37)18-29(35)36/h8-18H,2-7H2,1H3. The molecular formula is C31H26F6. The average Bonchev–Trinajstić information content (AvgIpc) is 2.85. The van der Waals surface area contributed by atoms with Gasteiger partial charge in [0.1, 0.15) is 23.3 Å². The molecule has 0 aliphatic heterocycles. The van der Waals surface area contributed by atoms with Crippen molar-refractivity contribution < 1.29 is 26.3 Å². The second-order valence-electron chi connectivity index (χ2n) is 9.13. The van der Waals surface area contributed by atoms with E-state index in [1.54, 1.807) is 0 Å². The Bertz CT molecular complexity index is 1430. The maximum Gasteiger partial charge on any atom is 0.271 e. The number of halogens is 6. The number of rotatable bonds is 9. The molecule has 0 fully saturated rings. The Hall–Kier alpha value is -3.54. The summed E-state index contributed by atoms with van der Waals surface area (Å²) in [4.78, 5) is 0. The first-order valence-electron chi connectivity index (χ1n) is 12.3. The molecule has 0 N–H and O–H groups in total. The molecule has 0 aliphatic carbocycles. The molecule has 0 aliphatic rings. The Labute approximate surface area is 212 Å². The van der Waals surface area contributed by atoms with E-state index in [4.69, 9.17) is 0 Å². The van der Waals surface area contributed by atoms with E-state index >= 15 is 4.39 Å². The van der Waals surface area contributed by atoms with Crippen LogP contribution in [0.5, 0.6) is 0 Å². The SMILES string of the molecule is CCCCCCCc1cc(F)c(-c2ccc(-c3ccc4c(F)c(C=C(F)F)ccc4c3)c(F)c2)c(F)c1. The van der Waals surface area contributed by atoms with Gasteiger partial charge in [-0.1, -0.05) is 69.0 Å². The molecule has 0 saturated heterocycles. The molecule has 0 bridgehead atoms. The zero-order chi connectivity index (χ0) is 26.5. The van der Waals surface area contributed by atoms with E-state index in [-0.39, 0.29) is 27.6 Å². The molecule has 0 unspecified atom stereocenters. The van der Waals surface area contributed by atoms with Gasteiger partial charge >= 0.3 is 0 Å². The average molecular weight is 513 g/mol. The lowest BCUT2D eigenvalue weighted by Crippen LogP contribution is -1.96. The van der Waals surface area contributed by atoms with Gasteiger partial charge in [0.05, 0.1) is 5.56 Å². The van der Waals surface area contributed by atoms with Gasteiger partial charge in [-0.15, -0.1) is 0 Å². The van der Waals surface area contributed by atoms with Gasteiger partial charge in [-0.05, 0) is 59.2 Å². The smallest absolute Gasteiger partial charge is 0.206 e. The molecule has 0 radical (unpaired) electrons. The highest BCUT2D eigenvalue weighted by Gasteiger charge is 2.17. The molecule has 0 heterocycles. The molecule has 192 valence electrons. The largest absolute Gasteiger partial charge is 0.271 e. The van der Waals surface area contributed by atoms with E-state index in [2.05, 4.69) is 6.92 Å². The minimum absolute atomic E-state index is 0.0715. The molecule has 0 aromatic heterocycles. The van der Waals surface area contributed by atoms with Crippen molar-refractivity contribution in [3.63, 3.8) is 0 Å². The predicted molar refractivity (Wildman–Crippen MR) is 137 cm³/mol. The zero-order valence-electron chi connectivity index (χ0n) is 20.4. The lowest BCUT2D eigenvalue weighted by molar-refractivity contribution is 0.429. The van der Waals surface area contributed by atoms with Crippen LogP contribution in [-0.4, -0.2) is 0 Å². The maximum atomic E-state index is 15.1. The van der Waals surface area contributed by atoms with E-state index in [1.165, 1.54) is 54.6 Å². The summed E-state index contributed by atoms with van der Waals surface area (Å²) in [5.74, 6) is -2.99. The van der Waals surface area contributed by atoms with Crippen LogP contribution in [0.1, 0.15) is 50.2 Å². The topological polar surface area (TPSA) is 0 Å². The molecule has 0 amide bonds. The van der Waals surface area contributed by atoms with Crippen molar-refractivity contribution >= 4 is 16.8 Å². The minimum Gasteiger partial charge on any atom is -0.206 e. The van der Waals surface area contributed by atoms with Crippen molar-refractivity contribution in [1.29, 1.82) is 0 Å². The van der Waals surface area contributed by atoms with Crippen LogP contribution in [0.25, 0.3) is 39.1 Å². The molecule has 6 heteroatoms. The van der Waals surface area contributed by atoms with Gasteiger partial charge in [0.15, 0.2) is 0 Å². The normalized spacial score (nSPS) is 11.2. The van der Waals surface area contributed by atoms with E-state index < -0.39 is 29.3 Å². The Morgan fingerprint density at radius 1 is 0.703 bits per heavy atom. The first kappa shape index (κ1) is 26.5. The maximum absolute atomic E-state index is 15.1. The second kappa shape index (κ2) is 11.7. The third-order valence-electron chi connectivity index (χ3n) is 6.49. The molecule has 4 aromatic carbocycles. The van der Waals surface area contributed by atoms with Gasteiger partial charge in [-0.25, -0.2) is 17.6 Å². The third-order valence-corrected chi connectivity index (χ3v) is 6.49. The summed E-state index contributed by atoms with van der Waals surface area (Å²) in [5, 5.41) is 0.516. The number of hydrogen-bond acceptors (Lipinski definition) is 0. The number of benzene rings is 4. The zero-order valence-corrected chi connectivity index (χ0v) is 20.4. The Morgan fingerprint density at radius 3 is 2.08 bits per heavy atom. The van der Waals surface area contributed by atoms with Crippen molar-refractivity contribution in [2.24, 2.45) is 0 Å². The van der Waals surface area contributed by atoms with Gasteiger partial charge < -0.3 is 0 Å². The van der Waals surface area contributed by atoms with Gasteiger partial charge in [0, 0.05) is 22.6 Å². The molecule has 4 aromatic rings. The lowest BCUT2D eigenvalue weighted by atomic mass is 9.95. The number of unbranched alkanes of at least 4 members (excludes halogenated alkanes) is 4. The van der Waals surface area contributed by atoms with Crippen molar-refractivity contribution in [3.8, 4) is 22.3 Å². The van der Waals surface area contributed by atoms with Crippen molar-refractivity contribution in [3.05, 3.63) is 101 Å². The van der Waals surface area contributed by atoms with Crippen LogP contribution in [0.15, 0.2) is 66.7 Å². The number of fused-ring (bicyclic) bond motifs is 1. The van der Waals surface area contributed by atoms with Crippen LogP contribution in [0.2, 0.25) is 0 Å². The van der Waals surface area contributed by atoms with Gasteiger partial charge in [0.2, 0.25) is 0 Å². The van der Waals surface area contributed by atoms with Crippen LogP contribution in [0.3, 0.4) is 0 Å². The van der Waals surface area contributed by atoms with Crippen LogP contribution < -0.4 is 0 Å². The highest BCUT2D eigenvalue weighted by atomic mass is 19.3. The quantitative estimate of drug-likeness (QED) is 0.155. The first-order chi connectivity index (χ1) is 17.8. The number of hydrogen-bond donors (Lipinski definition) is 0. The number of aryl methyl sites for hydroxylation is 1. The minimum atomic E-state index is -2.01. The summed E-state index contributed by atoms with van der Waals surface area (Å²) in [6.45, 7) is 2.12. The highest BCUT2D eigenvalue weighted by Crippen LogP contribution is 2.34. The van der Waals surface area contributed by atoms with E-state index in [1.807, 2.05) is 0 Å². The van der Waals surface area contributed by atoms with Crippen molar-refractivity contribution in [2.45, 2.75) is 45.4 Å². The Balaban J connectivity index is 1.60.